The maximum absolute atomic E-state index is 13.0. The van der Waals surface area contributed by atoms with Crippen molar-refractivity contribution in [1.29, 1.82) is 0 Å². The standard InChI is InChI=1S/C22H26N2O/c1-16(2)18-10-7-12-19(15-18)22(3,4)23-21(25)24-14-8-11-17-9-5-6-13-20(17)24/h5-7,9-10,12-13,15H,1,8,11,14H2,2-4H3,(H,23,25). The first-order valence-electron chi connectivity index (χ1n) is 8.82. The number of urea groups is 1. The summed E-state index contributed by atoms with van der Waals surface area (Å²) in [5, 5.41) is 3.21. The highest BCUT2D eigenvalue weighted by Gasteiger charge is 2.28. The number of anilines is 1. The third kappa shape index (κ3) is 3.60. The zero-order valence-corrected chi connectivity index (χ0v) is 15.3. The van der Waals surface area contributed by atoms with Crippen molar-refractivity contribution in [2.24, 2.45) is 0 Å². The van der Waals surface area contributed by atoms with E-state index in [0.717, 1.165) is 41.8 Å². The van der Waals surface area contributed by atoms with Crippen molar-refractivity contribution < 1.29 is 4.79 Å². The maximum Gasteiger partial charge on any atom is 0.322 e. The quantitative estimate of drug-likeness (QED) is 0.830. The molecule has 0 atom stereocenters. The number of benzene rings is 2. The lowest BCUT2D eigenvalue weighted by Crippen LogP contribution is -2.50. The summed E-state index contributed by atoms with van der Waals surface area (Å²) in [6.07, 6.45) is 2.03. The van der Waals surface area contributed by atoms with Gasteiger partial charge in [0.25, 0.3) is 0 Å². The van der Waals surface area contributed by atoms with Gasteiger partial charge in [-0.15, -0.1) is 0 Å². The van der Waals surface area contributed by atoms with Gasteiger partial charge < -0.3 is 5.32 Å². The highest BCUT2D eigenvalue weighted by atomic mass is 16.2. The molecule has 0 bridgehead atoms. The normalized spacial score (nSPS) is 14.0. The van der Waals surface area contributed by atoms with Crippen molar-refractivity contribution in [2.45, 2.75) is 39.2 Å². The molecule has 0 aliphatic carbocycles. The molecule has 0 unspecified atom stereocenters. The van der Waals surface area contributed by atoms with Gasteiger partial charge in [-0.25, -0.2) is 4.79 Å². The first-order chi connectivity index (χ1) is 11.9. The summed E-state index contributed by atoms with van der Waals surface area (Å²) in [6.45, 7) is 10.8. The average molecular weight is 334 g/mol. The first kappa shape index (κ1) is 17.3. The number of carbonyl (C=O) groups is 1. The van der Waals surface area contributed by atoms with Crippen molar-refractivity contribution in [2.75, 3.05) is 11.4 Å². The van der Waals surface area contributed by atoms with Crippen LogP contribution in [0, 0.1) is 0 Å². The van der Waals surface area contributed by atoms with Gasteiger partial charge in [0.05, 0.1) is 5.54 Å². The molecule has 0 saturated heterocycles. The van der Waals surface area contributed by atoms with Gasteiger partial charge in [0.2, 0.25) is 0 Å². The molecule has 1 N–H and O–H groups in total. The minimum Gasteiger partial charge on any atom is -0.329 e. The lowest BCUT2D eigenvalue weighted by molar-refractivity contribution is 0.235. The molecule has 0 fully saturated rings. The number of aryl methyl sites for hydroxylation is 1. The van der Waals surface area contributed by atoms with Crippen molar-refractivity contribution in [3.63, 3.8) is 0 Å². The first-order valence-corrected chi connectivity index (χ1v) is 8.82. The predicted octanol–water partition coefficient (Wildman–Crippen LogP) is 5.12. The van der Waals surface area contributed by atoms with Crippen molar-refractivity contribution in [3.8, 4) is 0 Å². The number of amides is 2. The largest absolute Gasteiger partial charge is 0.329 e. The molecule has 3 heteroatoms. The molecular formula is C22H26N2O. The second-order valence-corrected chi connectivity index (χ2v) is 7.30. The predicted molar refractivity (Wildman–Crippen MR) is 105 cm³/mol. The van der Waals surface area contributed by atoms with Crippen LogP contribution in [0.4, 0.5) is 10.5 Å². The van der Waals surface area contributed by atoms with Crippen LogP contribution in [0.1, 0.15) is 43.9 Å². The summed E-state index contributed by atoms with van der Waals surface area (Å²) >= 11 is 0. The van der Waals surface area contributed by atoms with E-state index >= 15 is 0 Å². The molecule has 25 heavy (non-hydrogen) atoms. The smallest absolute Gasteiger partial charge is 0.322 e. The molecule has 1 aliphatic heterocycles. The van der Waals surface area contributed by atoms with Crippen LogP contribution in [-0.4, -0.2) is 12.6 Å². The number of allylic oxidation sites excluding steroid dienone is 1. The molecular weight excluding hydrogens is 308 g/mol. The van der Waals surface area contributed by atoms with Crippen LogP contribution in [-0.2, 0) is 12.0 Å². The van der Waals surface area contributed by atoms with Gasteiger partial charge in [0.1, 0.15) is 0 Å². The van der Waals surface area contributed by atoms with Crippen LogP contribution >= 0.6 is 0 Å². The SMILES string of the molecule is C=C(C)c1cccc(C(C)(C)NC(=O)N2CCCc3ccccc32)c1. The molecule has 2 amide bonds. The van der Waals surface area contributed by atoms with Gasteiger partial charge in [-0.05, 0) is 62.4 Å². The van der Waals surface area contributed by atoms with Crippen molar-refractivity contribution >= 4 is 17.3 Å². The van der Waals surface area contributed by atoms with E-state index in [0.29, 0.717) is 0 Å². The van der Waals surface area contributed by atoms with E-state index in [4.69, 9.17) is 0 Å². The fourth-order valence-corrected chi connectivity index (χ4v) is 3.32. The molecule has 0 aromatic heterocycles. The molecule has 1 heterocycles. The monoisotopic (exact) mass is 334 g/mol. The van der Waals surface area contributed by atoms with E-state index in [1.807, 2.05) is 56.0 Å². The lowest BCUT2D eigenvalue weighted by atomic mass is 9.91. The van der Waals surface area contributed by atoms with Gasteiger partial charge in [0.15, 0.2) is 0 Å². The number of nitrogens with zero attached hydrogens (tertiary/aromatic N) is 1. The zero-order valence-electron chi connectivity index (χ0n) is 15.3. The number of carbonyl (C=O) groups excluding carboxylic acids is 1. The number of para-hydroxylation sites is 1. The minimum absolute atomic E-state index is 0.0436. The molecule has 2 aromatic carbocycles. The summed E-state index contributed by atoms with van der Waals surface area (Å²) in [7, 11) is 0. The van der Waals surface area contributed by atoms with Crippen molar-refractivity contribution in [1.82, 2.24) is 5.32 Å². The number of fused-ring (bicyclic) bond motifs is 1. The van der Waals surface area contributed by atoms with E-state index in [-0.39, 0.29) is 6.03 Å². The third-order valence-corrected chi connectivity index (χ3v) is 4.85. The molecule has 0 saturated carbocycles. The van der Waals surface area contributed by atoms with Crippen LogP contribution in [0.15, 0.2) is 55.1 Å². The highest BCUT2D eigenvalue weighted by Crippen LogP contribution is 2.28. The van der Waals surface area contributed by atoms with Crippen LogP contribution in [0.2, 0.25) is 0 Å². The van der Waals surface area contributed by atoms with E-state index in [2.05, 4.69) is 30.1 Å². The third-order valence-electron chi connectivity index (χ3n) is 4.85. The summed E-state index contributed by atoms with van der Waals surface area (Å²) in [5.41, 5.74) is 5.00. The Morgan fingerprint density at radius 3 is 2.68 bits per heavy atom. The van der Waals surface area contributed by atoms with Crippen LogP contribution in [0.5, 0.6) is 0 Å². The number of rotatable bonds is 3. The van der Waals surface area contributed by atoms with E-state index in [1.165, 1.54) is 5.56 Å². The van der Waals surface area contributed by atoms with Gasteiger partial charge in [0, 0.05) is 12.2 Å². The maximum atomic E-state index is 13.0. The van der Waals surface area contributed by atoms with Crippen LogP contribution < -0.4 is 10.2 Å². The molecule has 2 aromatic rings. The van der Waals surface area contributed by atoms with Gasteiger partial charge >= 0.3 is 6.03 Å². The molecule has 3 rings (SSSR count). The van der Waals surface area contributed by atoms with Gasteiger partial charge in [-0.1, -0.05) is 48.6 Å². The second kappa shape index (κ2) is 6.75. The van der Waals surface area contributed by atoms with Gasteiger partial charge in [-0.3, -0.25) is 4.90 Å². The Morgan fingerprint density at radius 2 is 1.92 bits per heavy atom. The van der Waals surface area contributed by atoms with Crippen LogP contribution in [0.3, 0.4) is 0 Å². The zero-order chi connectivity index (χ0) is 18.0. The summed E-state index contributed by atoms with van der Waals surface area (Å²) in [4.78, 5) is 14.8. The van der Waals surface area contributed by atoms with E-state index < -0.39 is 5.54 Å². The Balaban J connectivity index is 1.83. The number of hydrogen-bond acceptors (Lipinski definition) is 1. The highest BCUT2D eigenvalue weighted by molar-refractivity contribution is 5.93. The van der Waals surface area contributed by atoms with Gasteiger partial charge in [-0.2, -0.15) is 0 Å². The molecule has 0 radical (unpaired) electrons. The fourth-order valence-electron chi connectivity index (χ4n) is 3.32. The average Bonchev–Trinajstić information content (AvgIpc) is 2.61. The molecule has 3 nitrogen and oxygen atoms in total. The summed E-state index contributed by atoms with van der Waals surface area (Å²) < 4.78 is 0. The van der Waals surface area contributed by atoms with Crippen LogP contribution in [0.25, 0.3) is 5.57 Å². The summed E-state index contributed by atoms with van der Waals surface area (Å²) in [6, 6.07) is 16.3. The second-order valence-electron chi connectivity index (χ2n) is 7.30. The Labute approximate surface area is 150 Å². The van der Waals surface area contributed by atoms with E-state index in [9.17, 15) is 4.79 Å². The van der Waals surface area contributed by atoms with E-state index in [1.54, 1.807) is 0 Å². The fraction of sp³-hybridized carbons (Fsp3) is 0.318. The number of nitrogens with one attached hydrogen (secondary N) is 1. The van der Waals surface area contributed by atoms with Crippen molar-refractivity contribution in [3.05, 3.63) is 71.8 Å². The Kier molecular flexibility index (Phi) is 4.67. The molecule has 1 aliphatic rings. The Morgan fingerprint density at radius 1 is 1.16 bits per heavy atom. The number of hydrogen-bond donors (Lipinski definition) is 1. The Bertz CT molecular complexity index is 807. The topological polar surface area (TPSA) is 32.3 Å². The summed E-state index contributed by atoms with van der Waals surface area (Å²) in [5.74, 6) is 0. The Hall–Kier alpha value is -2.55. The molecule has 0 spiro atoms. The minimum atomic E-state index is -0.463. The lowest BCUT2D eigenvalue weighted by Gasteiger charge is -2.34. The molecule has 130 valence electrons.